The van der Waals surface area contributed by atoms with Crippen LogP contribution in [0.2, 0.25) is 0 Å². The molecule has 2 N–H and O–H groups in total. The molecular formula is C13H20N2O2. The number of nitrogens with zero attached hydrogens (tertiary/aromatic N) is 1. The van der Waals surface area contributed by atoms with Crippen LogP contribution < -0.4 is 5.32 Å². The smallest absolute Gasteiger partial charge is 0.253 e. The lowest BCUT2D eigenvalue weighted by molar-refractivity contribution is -0.129. The first-order valence-electron chi connectivity index (χ1n) is 5.76. The summed E-state index contributed by atoms with van der Waals surface area (Å²) in [5, 5.41) is 12.5. The van der Waals surface area contributed by atoms with E-state index < -0.39 is 6.10 Å². The summed E-state index contributed by atoms with van der Waals surface area (Å²) < 4.78 is 0. The Hall–Kier alpha value is -1.39. The maximum Gasteiger partial charge on any atom is 0.253 e. The van der Waals surface area contributed by atoms with E-state index in [0.717, 1.165) is 13.0 Å². The van der Waals surface area contributed by atoms with Crippen LogP contribution in [0.3, 0.4) is 0 Å². The van der Waals surface area contributed by atoms with Gasteiger partial charge >= 0.3 is 0 Å². The molecule has 0 aliphatic rings. The molecule has 1 amide bonds. The van der Waals surface area contributed by atoms with E-state index in [0.29, 0.717) is 12.1 Å². The van der Waals surface area contributed by atoms with Gasteiger partial charge in [0.05, 0.1) is 0 Å². The maximum absolute atomic E-state index is 11.6. The van der Waals surface area contributed by atoms with Crippen LogP contribution in [-0.4, -0.2) is 43.1 Å². The van der Waals surface area contributed by atoms with Crippen molar-refractivity contribution < 1.29 is 9.90 Å². The third-order valence-corrected chi connectivity index (χ3v) is 2.44. The van der Waals surface area contributed by atoms with Crippen molar-refractivity contribution in [2.75, 3.05) is 27.2 Å². The van der Waals surface area contributed by atoms with Gasteiger partial charge < -0.3 is 15.3 Å². The van der Waals surface area contributed by atoms with E-state index in [1.807, 2.05) is 20.2 Å². The Morgan fingerprint density at radius 1 is 1.35 bits per heavy atom. The highest BCUT2D eigenvalue weighted by Crippen LogP contribution is 2.11. The number of benzene rings is 1. The molecule has 0 aliphatic carbocycles. The maximum atomic E-state index is 11.6. The molecule has 17 heavy (non-hydrogen) atoms. The number of amides is 1. The molecule has 1 aromatic carbocycles. The van der Waals surface area contributed by atoms with Crippen LogP contribution in [0.5, 0.6) is 0 Å². The molecule has 0 heterocycles. The van der Waals surface area contributed by atoms with Crippen molar-refractivity contribution in [2.45, 2.75) is 12.5 Å². The Labute approximate surface area is 102 Å². The molecule has 0 bridgehead atoms. The van der Waals surface area contributed by atoms with Gasteiger partial charge in [0.25, 0.3) is 5.91 Å². The number of aliphatic hydroxyl groups is 1. The van der Waals surface area contributed by atoms with Crippen LogP contribution in [0, 0.1) is 0 Å². The average molecular weight is 236 g/mol. The van der Waals surface area contributed by atoms with E-state index in [9.17, 15) is 9.90 Å². The molecule has 1 rings (SSSR count). The Bertz CT molecular complexity index is 339. The topological polar surface area (TPSA) is 52.6 Å². The second-order valence-electron chi connectivity index (χ2n) is 4.26. The molecule has 0 aromatic heterocycles. The highest BCUT2D eigenvalue weighted by molar-refractivity contribution is 5.81. The predicted octanol–water partition coefficient (Wildman–Crippen LogP) is 0.788. The van der Waals surface area contributed by atoms with E-state index in [1.54, 1.807) is 24.3 Å². The lowest BCUT2D eigenvalue weighted by atomic mass is 10.1. The average Bonchev–Trinajstić information content (AvgIpc) is 2.34. The minimum absolute atomic E-state index is 0.338. The second kappa shape index (κ2) is 7.04. The molecule has 0 radical (unpaired) electrons. The molecule has 0 spiro atoms. The van der Waals surface area contributed by atoms with Crippen LogP contribution in [0.4, 0.5) is 0 Å². The van der Waals surface area contributed by atoms with Gasteiger partial charge in [0.2, 0.25) is 0 Å². The zero-order valence-corrected chi connectivity index (χ0v) is 10.4. The number of hydrogen-bond acceptors (Lipinski definition) is 3. The molecule has 0 aliphatic heterocycles. The van der Waals surface area contributed by atoms with Crippen molar-refractivity contribution in [3.63, 3.8) is 0 Å². The van der Waals surface area contributed by atoms with Gasteiger partial charge in [0.1, 0.15) is 0 Å². The Balaban J connectivity index is 2.33. The Morgan fingerprint density at radius 3 is 2.59 bits per heavy atom. The number of hydrogen-bond donors (Lipinski definition) is 2. The molecule has 1 atom stereocenters. The quantitative estimate of drug-likeness (QED) is 0.718. The largest absolute Gasteiger partial charge is 0.378 e. The zero-order chi connectivity index (χ0) is 12.7. The van der Waals surface area contributed by atoms with Crippen molar-refractivity contribution in [3.8, 4) is 0 Å². The fourth-order valence-corrected chi connectivity index (χ4v) is 1.49. The van der Waals surface area contributed by atoms with Crippen molar-refractivity contribution in [1.29, 1.82) is 0 Å². The summed E-state index contributed by atoms with van der Waals surface area (Å²) in [7, 11) is 3.97. The molecule has 0 fully saturated rings. The summed E-state index contributed by atoms with van der Waals surface area (Å²) in [5.41, 5.74) is 0.623. The van der Waals surface area contributed by atoms with Crippen molar-refractivity contribution in [3.05, 3.63) is 35.9 Å². The van der Waals surface area contributed by atoms with E-state index in [1.165, 1.54) is 0 Å². The first kappa shape index (κ1) is 13.7. The fraction of sp³-hybridized carbons (Fsp3) is 0.462. The minimum atomic E-state index is -1.07. The van der Waals surface area contributed by atoms with E-state index in [4.69, 9.17) is 0 Å². The summed E-state index contributed by atoms with van der Waals surface area (Å²) in [5.74, 6) is -0.338. The predicted molar refractivity (Wildman–Crippen MR) is 67.6 cm³/mol. The van der Waals surface area contributed by atoms with Gasteiger partial charge in [-0.25, -0.2) is 0 Å². The van der Waals surface area contributed by atoms with Crippen LogP contribution in [0.1, 0.15) is 18.1 Å². The number of carbonyl (C=O) groups excluding carboxylic acids is 1. The van der Waals surface area contributed by atoms with E-state index >= 15 is 0 Å². The van der Waals surface area contributed by atoms with Crippen molar-refractivity contribution in [2.24, 2.45) is 0 Å². The van der Waals surface area contributed by atoms with Gasteiger partial charge in [-0.1, -0.05) is 30.3 Å². The third kappa shape index (κ3) is 4.97. The van der Waals surface area contributed by atoms with Crippen LogP contribution in [0.15, 0.2) is 30.3 Å². The van der Waals surface area contributed by atoms with Gasteiger partial charge in [-0.15, -0.1) is 0 Å². The number of aliphatic hydroxyl groups excluding tert-OH is 1. The number of rotatable bonds is 6. The van der Waals surface area contributed by atoms with E-state index in [-0.39, 0.29) is 5.91 Å². The van der Waals surface area contributed by atoms with Crippen LogP contribution in [-0.2, 0) is 4.79 Å². The summed E-state index contributed by atoms with van der Waals surface area (Å²) in [6.07, 6.45) is -0.198. The van der Waals surface area contributed by atoms with Crippen LogP contribution >= 0.6 is 0 Å². The van der Waals surface area contributed by atoms with Gasteiger partial charge in [-0.2, -0.15) is 0 Å². The first-order chi connectivity index (χ1) is 8.11. The number of nitrogens with one attached hydrogen (secondary N) is 1. The number of carbonyl (C=O) groups is 1. The van der Waals surface area contributed by atoms with Crippen molar-refractivity contribution >= 4 is 5.91 Å². The van der Waals surface area contributed by atoms with Crippen LogP contribution in [0.25, 0.3) is 0 Å². The summed E-state index contributed by atoms with van der Waals surface area (Å²) in [6, 6.07) is 8.94. The van der Waals surface area contributed by atoms with Gasteiger partial charge in [-0.05, 0) is 32.6 Å². The first-order valence-corrected chi connectivity index (χ1v) is 5.76. The Morgan fingerprint density at radius 2 is 2.00 bits per heavy atom. The molecular weight excluding hydrogens is 216 g/mol. The van der Waals surface area contributed by atoms with Gasteiger partial charge in [0, 0.05) is 6.54 Å². The normalized spacial score (nSPS) is 12.5. The molecule has 1 aromatic rings. The molecule has 4 nitrogen and oxygen atoms in total. The summed E-state index contributed by atoms with van der Waals surface area (Å²) in [4.78, 5) is 13.7. The van der Waals surface area contributed by atoms with Gasteiger partial charge in [0.15, 0.2) is 6.10 Å². The third-order valence-electron chi connectivity index (χ3n) is 2.44. The molecule has 4 heteroatoms. The molecule has 0 saturated carbocycles. The molecule has 1 unspecified atom stereocenters. The van der Waals surface area contributed by atoms with E-state index in [2.05, 4.69) is 10.2 Å². The molecule has 0 saturated heterocycles. The summed E-state index contributed by atoms with van der Waals surface area (Å²) in [6.45, 7) is 1.50. The lowest BCUT2D eigenvalue weighted by Crippen LogP contribution is -2.31. The highest BCUT2D eigenvalue weighted by atomic mass is 16.3. The molecule has 94 valence electrons. The lowest BCUT2D eigenvalue weighted by Gasteiger charge is -2.13. The van der Waals surface area contributed by atoms with Gasteiger partial charge in [-0.3, -0.25) is 4.79 Å². The zero-order valence-electron chi connectivity index (χ0n) is 10.4. The minimum Gasteiger partial charge on any atom is -0.378 e. The standard InChI is InChI=1S/C13H20N2O2/c1-15(2)10-6-9-14-13(17)12(16)11-7-4-3-5-8-11/h3-5,7-8,12,16H,6,9-10H2,1-2H3,(H,14,17). The second-order valence-corrected chi connectivity index (χ2v) is 4.26. The fourth-order valence-electron chi connectivity index (χ4n) is 1.49. The summed E-state index contributed by atoms with van der Waals surface area (Å²) >= 11 is 0. The monoisotopic (exact) mass is 236 g/mol. The SMILES string of the molecule is CN(C)CCCNC(=O)C(O)c1ccccc1. The Kier molecular flexibility index (Phi) is 5.66. The highest BCUT2D eigenvalue weighted by Gasteiger charge is 2.15. The van der Waals surface area contributed by atoms with Crippen molar-refractivity contribution in [1.82, 2.24) is 10.2 Å².